The number of benzene rings is 1. The van der Waals surface area contributed by atoms with Crippen LogP contribution in [0.2, 0.25) is 0 Å². The molecule has 0 aliphatic carbocycles. The molecule has 0 saturated carbocycles. The number of nitrogens with zero attached hydrogens (tertiary/aromatic N) is 2. The van der Waals surface area contributed by atoms with E-state index < -0.39 is 0 Å². The van der Waals surface area contributed by atoms with Crippen molar-refractivity contribution in [3.05, 3.63) is 69.0 Å². The Bertz CT molecular complexity index is 1100. The van der Waals surface area contributed by atoms with Crippen LogP contribution in [0, 0.1) is 4.77 Å². The lowest BCUT2D eigenvalue weighted by Crippen LogP contribution is -3.11. The summed E-state index contributed by atoms with van der Waals surface area (Å²) in [5, 5.41) is 3.39. The SMILES string of the molecule is CC[NH+](CC)CCn1c(=S)[nH]c2cc(C(=O)NCc3cccnc3)ccc2c1=O. The summed E-state index contributed by atoms with van der Waals surface area (Å²) in [4.78, 5) is 33.9. The summed E-state index contributed by atoms with van der Waals surface area (Å²) in [5.41, 5.74) is 1.83. The maximum Gasteiger partial charge on any atom is 0.262 e. The molecule has 3 rings (SSSR count). The summed E-state index contributed by atoms with van der Waals surface area (Å²) < 4.78 is 1.98. The van der Waals surface area contributed by atoms with Gasteiger partial charge in [-0.3, -0.25) is 19.1 Å². The number of nitrogens with one attached hydrogen (secondary N) is 3. The molecule has 2 aromatic heterocycles. The van der Waals surface area contributed by atoms with E-state index in [1.165, 1.54) is 4.90 Å². The number of fused-ring (bicyclic) bond motifs is 1. The van der Waals surface area contributed by atoms with Crippen molar-refractivity contribution in [3.8, 4) is 0 Å². The van der Waals surface area contributed by atoms with Gasteiger partial charge >= 0.3 is 0 Å². The number of aromatic amines is 1. The third-order valence-corrected chi connectivity index (χ3v) is 5.43. The van der Waals surface area contributed by atoms with Crippen LogP contribution in [-0.2, 0) is 13.1 Å². The number of rotatable bonds is 8. The van der Waals surface area contributed by atoms with Gasteiger partial charge in [0.15, 0.2) is 4.77 Å². The van der Waals surface area contributed by atoms with Gasteiger partial charge in [-0.1, -0.05) is 6.07 Å². The highest BCUT2D eigenvalue weighted by atomic mass is 32.1. The summed E-state index contributed by atoms with van der Waals surface area (Å²) in [6.45, 7) is 8.06. The van der Waals surface area contributed by atoms with Gasteiger partial charge in [0.05, 0.1) is 37.1 Å². The molecule has 0 aliphatic rings. The zero-order chi connectivity index (χ0) is 20.8. The quantitative estimate of drug-likeness (QED) is 0.487. The second kappa shape index (κ2) is 9.58. The normalized spacial score (nSPS) is 11.1. The number of pyridine rings is 1. The van der Waals surface area contributed by atoms with Crippen molar-refractivity contribution >= 4 is 29.0 Å². The van der Waals surface area contributed by atoms with E-state index in [2.05, 4.69) is 29.1 Å². The average Bonchev–Trinajstić information content (AvgIpc) is 2.75. The van der Waals surface area contributed by atoms with E-state index in [9.17, 15) is 9.59 Å². The van der Waals surface area contributed by atoms with E-state index in [-0.39, 0.29) is 11.5 Å². The topological polar surface area (TPSA) is 84.2 Å². The first kappa shape index (κ1) is 20.9. The van der Waals surface area contributed by atoms with Crippen LogP contribution in [0.1, 0.15) is 29.8 Å². The summed E-state index contributed by atoms with van der Waals surface area (Å²) in [5.74, 6) is -0.218. The molecule has 0 saturated heterocycles. The van der Waals surface area contributed by atoms with Crippen LogP contribution in [0.15, 0.2) is 47.5 Å². The van der Waals surface area contributed by atoms with Gasteiger partial charge in [-0.15, -0.1) is 0 Å². The Labute approximate surface area is 174 Å². The van der Waals surface area contributed by atoms with Gasteiger partial charge in [0, 0.05) is 24.5 Å². The number of amides is 1. The fourth-order valence-corrected chi connectivity index (χ4v) is 3.54. The largest absolute Gasteiger partial charge is 0.348 e. The highest BCUT2D eigenvalue weighted by Crippen LogP contribution is 2.11. The first-order valence-electron chi connectivity index (χ1n) is 9.81. The molecule has 3 N–H and O–H groups in total. The summed E-state index contributed by atoms with van der Waals surface area (Å²) >= 11 is 5.41. The molecule has 29 heavy (non-hydrogen) atoms. The van der Waals surface area contributed by atoms with Crippen LogP contribution in [0.5, 0.6) is 0 Å². The lowest BCUT2D eigenvalue weighted by molar-refractivity contribution is -0.897. The zero-order valence-corrected chi connectivity index (χ0v) is 17.5. The highest BCUT2D eigenvalue weighted by molar-refractivity contribution is 7.71. The van der Waals surface area contributed by atoms with Crippen molar-refractivity contribution in [1.82, 2.24) is 19.9 Å². The van der Waals surface area contributed by atoms with E-state index in [4.69, 9.17) is 12.2 Å². The smallest absolute Gasteiger partial charge is 0.262 e. The molecular weight excluding hydrogens is 386 g/mol. The number of carbonyl (C=O) groups excluding carboxylic acids is 1. The lowest BCUT2D eigenvalue weighted by atomic mass is 10.1. The molecule has 0 spiro atoms. The number of likely N-dealkylation sites (N-methyl/N-ethyl adjacent to an activating group) is 1. The van der Waals surface area contributed by atoms with E-state index in [0.717, 1.165) is 25.2 Å². The third-order valence-electron chi connectivity index (χ3n) is 5.11. The Kier molecular flexibility index (Phi) is 6.90. The van der Waals surface area contributed by atoms with E-state index in [0.29, 0.717) is 34.3 Å². The predicted octanol–water partition coefficient (Wildman–Crippen LogP) is 1.31. The van der Waals surface area contributed by atoms with E-state index >= 15 is 0 Å². The summed E-state index contributed by atoms with van der Waals surface area (Å²) in [6.07, 6.45) is 3.40. The van der Waals surface area contributed by atoms with Gasteiger partial charge in [-0.25, -0.2) is 0 Å². The number of quaternary nitrogens is 1. The van der Waals surface area contributed by atoms with Crippen molar-refractivity contribution < 1.29 is 9.69 Å². The second-order valence-electron chi connectivity index (χ2n) is 6.90. The van der Waals surface area contributed by atoms with Gasteiger partial charge in [-0.05, 0) is 55.9 Å². The van der Waals surface area contributed by atoms with Gasteiger partial charge < -0.3 is 15.2 Å². The van der Waals surface area contributed by atoms with Crippen molar-refractivity contribution in [2.75, 3.05) is 19.6 Å². The first-order valence-corrected chi connectivity index (χ1v) is 10.2. The van der Waals surface area contributed by atoms with E-state index in [1.54, 1.807) is 35.2 Å². The summed E-state index contributed by atoms with van der Waals surface area (Å²) in [6, 6.07) is 8.74. The minimum Gasteiger partial charge on any atom is -0.348 e. The standard InChI is InChI=1S/C21H25N5O2S/c1-3-25(4-2)10-11-26-20(28)17-8-7-16(12-18(17)24-21(26)29)19(27)23-14-15-6-5-9-22-13-15/h5-9,12-13H,3-4,10-11,14H2,1-2H3,(H,23,27)(H,24,29)/p+1. The molecule has 152 valence electrons. The minimum absolute atomic E-state index is 0.127. The minimum atomic E-state index is -0.218. The van der Waals surface area contributed by atoms with Crippen LogP contribution in [0.4, 0.5) is 0 Å². The highest BCUT2D eigenvalue weighted by Gasteiger charge is 2.12. The van der Waals surface area contributed by atoms with Crippen LogP contribution in [0.3, 0.4) is 0 Å². The molecule has 1 amide bonds. The van der Waals surface area contributed by atoms with Crippen molar-refractivity contribution in [1.29, 1.82) is 0 Å². The lowest BCUT2D eigenvalue weighted by Gasteiger charge is -2.16. The number of aromatic nitrogens is 3. The Balaban J connectivity index is 1.81. The number of H-pyrrole nitrogens is 1. The molecule has 0 radical (unpaired) electrons. The molecule has 0 fully saturated rings. The maximum absolute atomic E-state index is 12.9. The maximum atomic E-state index is 12.9. The van der Waals surface area contributed by atoms with Crippen LogP contribution >= 0.6 is 12.2 Å². The number of hydrogen-bond acceptors (Lipinski definition) is 4. The van der Waals surface area contributed by atoms with E-state index in [1.807, 2.05) is 12.1 Å². The van der Waals surface area contributed by atoms with Crippen molar-refractivity contribution in [3.63, 3.8) is 0 Å². The van der Waals surface area contributed by atoms with Crippen LogP contribution in [0.25, 0.3) is 10.9 Å². The molecule has 8 heteroatoms. The molecule has 1 aromatic carbocycles. The van der Waals surface area contributed by atoms with Crippen molar-refractivity contribution in [2.45, 2.75) is 26.9 Å². The molecule has 3 aromatic rings. The predicted molar refractivity (Wildman–Crippen MR) is 116 cm³/mol. The number of hydrogen-bond donors (Lipinski definition) is 3. The summed E-state index contributed by atoms with van der Waals surface area (Å²) in [7, 11) is 0. The molecular formula is C21H26N5O2S+. The fraction of sp³-hybridized carbons (Fsp3) is 0.333. The Morgan fingerprint density at radius 2 is 2.07 bits per heavy atom. The third kappa shape index (κ3) is 4.96. The molecule has 0 unspecified atom stereocenters. The molecule has 0 atom stereocenters. The second-order valence-corrected chi connectivity index (χ2v) is 7.29. The Hall–Kier alpha value is -2.84. The molecule has 0 aliphatic heterocycles. The zero-order valence-electron chi connectivity index (χ0n) is 16.7. The van der Waals surface area contributed by atoms with Crippen molar-refractivity contribution in [2.24, 2.45) is 0 Å². The average molecular weight is 413 g/mol. The van der Waals surface area contributed by atoms with Gasteiger partial charge in [-0.2, -0.15) is 0 Å². The van der Waals surface area contributed by atoms with Crippen LogP contribution in [-0.4, -0.2) is 40.1 Å². The first-order chi connectivity index (χ1) is 14.0. The fourth-order valence-electron chi connectivity index (χ4n) is 3.26. The molecule has 2 heterocycles. The monoisotopic (exact) mass is 412 g/mol. The van der Waals surface area contributed by atoms with Gasteiger partial charge in [0.2, 0.25) is 0 Å². The van der Waals surface area contributed by atoms with Gasteiger partial charge in [0.1, 0.15) is 0 Å². The number of carbonyl (C=O) groups is 1. The van der Waals surface area contributed by atoms with Gasteiger partial charge in [0.25, 0.3) is 11.5 Å². The Morgan fingerprint density at radius 1 is 1.28 bits per heavy atom. The van der Waals surface area contributed by atoms with Crippen LogP contribution < -0.4 is 15.8 Å². The molecule has 7 nitrogen and oxygen atoms in total. The Morgan fingerprint density at radius 3 is 2.76 bits per heavy atom. The molecule has 0 bridgehead atoms.